The number of pyridine rings is 1. The summed E-state index contributed by atoms with van der Waals surface area (Å²) < 4.78 is 4.74. The molecular weight excluding hydrogens is 230 g/mol. The van der Waals surface area contributed by atoms with Crippen molar-refractivity contribution in [1.82, 2.24) is 4.98 Å². The van der Waals surface area contributed by atoms with Gasteiger partial charge in [0.2, 0.25) is 0 Å². The molecule has 0 atom stereocenters. The number of nitrogens with zero attached hydrogens (tertiary/aromatic N) is 1. The minimum Gasteiger partial charge on any atom is -0.478 e. The molecule has 0 aromatic carbocycles. The minimum atomic E-state index is -1.02. The predicted octanol–water partition coefficient (Wildman–Crippen LogP) is 1.43. The molecule has 0 unspecified atom stereocenters. The van der Waals surface area contributed by atoms with E-state index in [0.717, 1.165) is 0 Å². The normalized spacial score (nSPS) is 9.81. The van der Waals surface area contributed by atoms with Gasteiger partial charge < -0.3 is 9.84 Å². The minimum absolute atomic E-state index is 0.125. The average Bonchev–Trinajstić information content (AvgIpc) is 2.27. The molecule has 0 bridgehead atoms. The van der Waals surface area contributed by atoms with Gasteiger partial charge in [-0.2, -0.15) is 0 Å². The first-order chi connectivity index (χ1) is 7.63. The molecule has 5 nitrogen and oxygen atoms in total. The zero-order chi connectivity index (χ0) is 12.0. The molecule has 1 N–H and O–H groups in total. The monoisotopic (exact) mass is 241 g/mol. The molecule has 1 heterocycles. The Balaban J connectivity index is 2.49. The highest BCUT2D eigenvalue weighted by Gasteiger charge is 2.06. The number of carbonyl (C=O) groups is 2. The van der Waals surface area contributed by atoms with E-state index in [2.05, 4.69) is 4.98 Å². The zero-order valence-electron chi connectivity index (χ0n) is 8.67. The lowest BCUT2D eigenvalue weighted by Crippen LogP contribution is -2.06. The largest absolute Gasteiger partial charge is 0.478 e. The van der Waals surface area contributed by atoms with Crippen LogP contribution in [0, 0.1) is 0 Å². The molecule has 1 rings (SSSR count). The van der Waals surface area contributed by atoms with Crippen LogP contribution in [0.15, 0.2) is 23.4 Å². The van der Waals surface area contributed by atoms with Gasteiger partial charge in [0, 0.05) is 6.20 Å². The molecule has 0 aliphatic carbocycles. The molecule has 0 amide bonds. The highest BCUT2D eigenvalue weighted by Crippen LogP contribution is 2.15. The van der Waals surface area contributed by atoms with Crippen molar-refractivity contribution in [3.8, 4) is 0 Å². The second-order valence-electron chi connectivity index (χ2n) is 2.78. The van der Waals surface area contributed by atoms with Gasteiger partial charge in [-0.1, -0.05) is 11.8 Å². The first-order valence-electron chi connectivity index (χ1n) is 4.61. The topological polar surface area (TPSA) is 76.5 Å². The Bertz CT molecular complexity index is 377. The number of aromatic carboxylic acids is 1. The highest BCUT2D eigenvalue weighted by atomic mass is 32.2. The summed E-state index contributed by atoms with van der Waals surface area (Å²) in [5.41, 5.74) is 0.125. The second-order valence-corrected chi connectivity index (χ2v) is 3.78. The maximum Gasteiger partial charge on any atom is 0.337 e. The van der Waals surface area contributed by atoms with Gasteiger partial charge in [-0.3, -0.25) is 4.79 Å². The van der Waals surface area contributed by atoms with Crippen molar-refractivity contribution in [2.75, 3.05) is 12.4 Å². The summed E-state index contributed by atoms with van der Waals surface area (Å²) in [5, 5.41) is 9.24. The third kappa shape index (κ3) is 3.90. The Kier molecular flexibility index (Phi) is 4.78. The number of carboxylic acids is 1. The number of aromatic nitrogens is 1. The molecule has 0 fully saturated rings. The van der Waals surface area contributed by atoms with Gasteiger partial charge >= 0.3 is 11.9 Å². The van der Waals surface area contributed by atoms with Crippen molar-refractivity contribution in [1.29, 1.82) is 0 Å². The summed E-state index contributed by atoms with van der Waals surface area (Å²) in [6.07, 6.45) is 1.26. The van der Waals surface area contributed by atoms with Gasteiger partial charge in [0.05, 0.1) is 22.9 Å². The summed E-state index contributed by atoms with van der Waals surface area (Å²) in [6, 6.07) is 3.01. The van der Waals surface area contributed by atoms with Crippen molar-refractivity contribution in [3.05, 3.63) is 23.9 Å². The van der Waals surface area contributed by atoms with Crippen molar-refractivity contribution >= 4 is 23.7 Å². The van der Waals surface area contributed by atoms with Crippen LogP contribution >= 0.6 is 11.8 Å². The summed E-state index contributed by atoms with van der Waals surface area (Å²) in [7, 11) is 0. The van der Waals surface area contributed by atoms with Crippen LogP contribution in [0.5, 0.6) is 0 Å². The number of rotatable bonds is 5. The lowest BCUT2D eigenvalue weighted by molar-refractivity contribution is -0.139. The summed E-state index contributed by atoms with van der Waals surface area (Å²) >= 11 is 1.21. The highest BCUT2D eigenvalue weighted by molar-refractivity contribution is 7.99. The Morgan fingerprint density at radius 1 is 1.50 bits per heavy atom. The summed E-state index contributed by atoms with van der Waals surface area (Å²) in [5.74, 6) is -1.15. The van der Waals surface area contributed by atoms with Gasteiger partial charge in [0.25, 0.3) is 0 Å². The number of hydrogen-bond donors (Lipinski definition) is 1. The molecule has 0 saturated carbocycles. The quantitative estimate of drug-likeness (QED) is 0.621. The summed E-state index contributed by atoms with van der Waals surface area (Å²) in [4.78, 5) is 25.5. The second kappa shape index (κ2) is 6.12. The van der Waals surface area contributed by atoms with Crippen molar-refractivity contribution < 1.29 is 19.4 Å². The number of ether oxygens (including phenoxy) is 1. The van der Waals surface area contributed by atoms with Crippen molar-refractivity contribution in [2.24, 2.45) is 0 Å². The van der Waals surface area contributed by atoms with E-state index < -0.39 is 5.97 Å². The lowest BCUT2D eigenvalue weighted by Gasteiger charge is -2.01. The number of hydrogen-bond acceptors (Lipinski definition) is 5. The standard InChI is InChI=1S/C10H11NO4S/c1-2-15-9(12)6-16-8-4-3-7(5-11-8)10(13)14/h3-5H,2,6H2,1H3,(H,13,14). The zero-order valence-corrected chi connectivity index (χ0v) is 9.49. The molecule has 0 aliphatic rings. The molecule has 86 valence electrons. The molecule has 1 aromatic rings. The number of esters is 1. The fourth-order valence-corrected chi connectivity index (χ4v) is 1.57. The Morgan fingerprint density at radius 2 is 2.25 bits per heavy atom. The van der Waals surface area contributed by atoms with Gasteiger partial charge in [0.15, 0.2) is 0 Å². The van der Waals surface area contributed by atoms with E-state index in [-0.39, 0.29) is 17.3 Å². The van der Waals surface area contributed by atoms with Crippen LogP contribution in [0.1, 0.15) is 17.3 Å². The third-order valence-corrected chi connectivity index (χ3v) is 2.54. The number of carboxylic acid groups (broad SMARTS) is 1. The third-order valence-electron chi connectivity index (χ3n) is 1.63. The van der Waals surface area contributed by atoms with Crippen LogP contribution in [-0.4, -0.2) is 34.4 Å². The van der Waals surface area contributed by atoms with Gasteiger partial charge in [-0.15, -0.1) is 0 Å². The van der Waals surface area contributed by atoms with Gasteiger partial charge in [0.1, 0.15) is 0 Å². The van der Waals surface area contributed by atoms with E-state index in [9.17, 15) is 9.59 Å². The Labute approximate surface area is 96.8 Å². The Hall–Kier alpha value is -1.56. The van der Waals surface area contributed by atoms with Crippen LogP contribution in [0.25, 0.3) is 0 Å². The first kappa shape index (κ1) is 12.5. The first-order valence-corrected chi connectivity index (χ1v) is 5.59. The van der Waals surface area contributed by atoms with E-state index >= 15 is 0 Å². The maximum atomic E-state index is 11.0. The maximum absolute atomic E-state index is 11.0. The van der Waals surface area contributed by atoms with E-state index in [4.69, 9.17) is 9.84 Å². The molecule has 16 heavy (non-hydrogen) atoms. The van der Waals surface area contributed by atoms with E-state index in [1.54, 1.807) is 13.0 Å². The molecule has 0 saturated heterocycles. The van der Waals surface area contributed by atoms with Gasteiger partial charge in [-0.05, 0) is 19.1 Å². The van der Waals surface area contributed by atoms with Gasteiger partial charge in [-0.25, -0.2) is 9.78 Å². The van der Waals surface area contributed by atoms with Crippen molar-refractivity contribution in [3.63, 3.8) is 0 Å². The van der Waals surface area contributed by atoms with E-state index in [0.29, 0.717) is 11.6 Å². The van der Waals surface area contributed by atoms with Crippen LogP contribution in [0.4, 0.5) is 0 Å². The Morgan fingerprint density at radius 3 is 2.75 bits per heavy atom. The molecule has 0 radical (unpaired) electrons. The summed E-state index contributed by atoms with van der Waals surface area (Å²) in [6.45, 7) is 2.09. The molecule has 0 spiro atoms. The van der Waals surface area contributed by atoms with Crippen LogP contribution in [0.2, 0.25) is 0 Å². The number of carbonyl (C=O) groups excluding carboxylic acids is 1. The SMILES string of the molecule is CCOC(=O)CSc1ccc(C(=O)O)cn1. The molecule has 0 aliphatic heterocycles. The molecule has 6 heteroatoms. The fourth-order valence-electron chi connectivity index (χ4n) is 0.928. The van der Waals surface area contributed by atoms with E-state index in [1.165, 1.54) is 24.0 Å². The van der Waals surface area contributed by atoms with Crippen LogP contribution in [0.3, 0.4) is 0 Å². The molecule has 1 aromatic heterocycles. The lowest BCUT2D eigenvalue weighted by atomic mass is 10.3. The fraction of sp³-hybridized carbons (Fsp3) is 0.300. The van der Waals surface area contributed by atoms with Crippen LogP contribution in [-0.2, 0) is 9.53 Å². The molecular formula is C10H11NO4S. The average molecular weight is 241 g/mol. The van der Waals surface area contributed by atoms with E-state index in [1.807, 2.05) is 0 Å². The number of thioether (sulfide) groups is 1. The smallest absolute Gasteiger partial charge is 0.337 e. The predicted molar refractivity (Wildman–Crippen MR) is 58.6 cm³/mol. The van der Waals surface area contributed by atoms with Crippen molar-refractivity contribution in [2.45, 2.75) is 11.9 Å². The van der Waals surface area contributed by atoms with Crippen LogP contribution < -0.4 is 0 Å².